The molecule has 0 unspecified atom stereocenters. The zero-order valence-electron chi connectivity index (χ0n) is 12.1. The lowest BCUT2D eigenvalue weighted by Gasteiger charge is -2.24. The summed E-state index contributed by atoms with van der Waals surface area (Å²) in [4.78, 5) is 12.3. The van der Waals surface area contributed by atoms with E-state index in [-0.39, 0.29) is 0 Å². The maximum Gasteiger partial charge on any atom is 0.142 e. The van der Waals surface area contributed by atoms with Crippen LogP contribution >= 0.6 is 0 Å². The summed E-state index contributed by atoms with van der Waals surface area (Å²) >= 11 is 0. The molecule has 0 atom stereocenters. The number of benzene rings is 1. The summed E-state index contributed by atoms with van der Waals surface area (Å²) in [5, 5.41) is 0. The zero-order chi connectivity index (χ0) is 14.3. The van der Waals surface area contributed by atoms with E-state index in [0.717, 1.165) is 36.9 Å². The second-order valence-corrected chi connectivity index (χ2v) is 5.56. The van der Waals surface area contributed by atoms with Gasteiger partial charge in [0.15, 0.2) is 0 Å². The highest BCUT2D eigenvalue weighted by Crippen LogP contribution is 2.27. The van der Waals surface area contributed by atoms with E-state index in [0.29, 0.717) is 12.2 Å². The van der Waals surface area contributed by atoms with Crippen molar-refractivity contribution in [1.29, 1.82) is 0 Å². The molecule has 0 fully saturated rings. The third kappa shape index (κ3) is 4.55. The largest absolute Gasteiger partial charge is 0.399 e. The number of carbonyl (C=O) groups excluding carboxylic acids is 1. The summed E-state index contributed by atoms with van der Waals surface area (Å²) in [5.41, 5.74) is 7.03. The van der Waals surface area contributed by atoms with Crippen molar-refractivity contribution >= 4 is 11.5 Å². The molecule has 2 heteroatoms. The molecule has 1 aromatic carbocycles. The van der Waals surface area contributed by atoms with Crippen molar-refractivity contribution < 1.29 is 4.79 Å². The molecule has 0 amide bonds. The van der Waals surface area contributed by atoms with Crippen molar-refractivity contribution in [2.75, 3.05) is 5.73 Å². The molecule has 0 bridgehead atoms. The van der Waals surface area contributed by atoms with Crippen LogP contribution in [0.4, 0.5) is 5.69 Å². The summed E-state index contributed by atoms with van der Waals surface area (Å²) in [7, 11) is 0. The Balaban J connectivity index is 2.54. The summed E-state index contributed by atoms with van der Waals surface area (Å²) in [6.07, 6.45) is 6.80. The first kappa shape index (κ1) is 15.5. The van der Waals surface area contributed by atoms with Gasteiger partial charge in [0.2, 0.25) is 0 Å². The minimum atomic E-state index is -0.424. The van der Waals surface area contributed by atoms with Crippen LogP contribution in [0.15, 0.2) is 36.9 Å². The van der Waals surface area contributed by atoms with Crippen molar-refractivity contribution in [3.05, 3.63) is 42.5 Å². The van der Waals surface area contributed by atoms with Crippen LogP contribution in [0.5, 0.6) is 0 Å². The first-order chi connectivity index (χ1) is 8.98. The fourth-order valence-electron chi connectivity index (χ4n) is 2.12. The first-order valence-electron chi connectivity index (χ1n) is 6.98. The molecule has 0 saturated heterocycles. The van der Waals surface area contributed by atoms with Crippen LogP contribution in [0, 0.1) is 0 Å². The molecule has 0 spiro atoms. The summed E-state index contributed by atoms with van der Waals surface area (Å²) in [6.45, 7) is 7.68. The SMILES string of the molecule is C=CCCCCCC(=O)C(C)(C)c1ccc(N)cc1. The zero-order valence-corrected chi connectivity index (χ0v) is 12.1. The minimum Gasteiger partial charge on any atom is -0.399 e. The highest BCUT2D eigenvalue weighted by Gasteiger charge is 2.28. The number of nitrogen functional groups attached to an aromatic ring is 1. The molecule has 0 radical (unpaired) electrons. The molecule has 0 saturated carbocycles. The summed E-state index contributed by atoms with van der Waals surface area (Å²) < 4.78 is 0. The minimum absolute atomic E-state index is 0.302. The Labute approximate surface area is 116 Å². The van der Waals surface area contributed by atoms with Gasteiger partial charge in [-0.05, 0) is 50.8 Å². The number of hydrogen-bond donors (Lipinski definition) is 1. The van der Waals surface area contributed by atoms with E-state index in [1.54, 1.807) is 0 Å². The van der Waals surface area contributed by atoms with Gasteiger partial charge in [0.25, 0.3) is 0 Å². The maximum atomic E-state index is 12.3. The topological polar surface area (TPSA) is 43.1 Å². The van der Waals surface area contributed by atoms with Gasteiger partial charge in [-0.1, -0.05) is 24.6 Å². The molecule has 0 aliphatic carbocycles. The Morgan fingerprint density at radius 2 is 1.84 bits per heavy atom. The van der Waals surface area contributed by atoms with E-state index in [4.69, 9.17) is 5.73 Å². The number of unbranched alkanes of at least 4 members (excludes halogenated alkanes) is 3. The normalized spacial score (nSPS) is 11.3. The van der Waals surface area contributed by atoms with Crippen LogP contribution in [0.2, 0.25) is 0 Å². The van der Waals surface area contributed by atoms with E-state index < -0.39 is 5.41 Å². The van der Waals surface area contributed by atoms with Gasteiger partial charge in [0, 0.05) is 17.5 Å². The number of hydrogen-bond acceptors (Lipinski definition) is 2. The Kier molecular flexibility index (Phi) is 5.81. The fourth-order valence-corrected chi connectivity index (χ4v) is 2.12. The summed E-state index contributed by atoms with van der Waals surface area (Å²) in [6, 6.07) is 7.61. The monoisotopic (exact) mass is 259 g/mol. The van der Waals surface area contributed by atoms with Crippen molar-refractivity contribution in [2.24, 2.45) is 0 Å². The second-order valence-electron chi connectivity index (χ2n) is 5.56. The van der Waals surface area contributed by atoms with Gasteiger partial charge >= 0.3 is 0 Å². The fraction of sp³-hybridized carbons (Fsp3) is 0.471. The predicted octanol–water partition coefficient (Wildman–Crippen LogP) is 4.25. The van der Waals surface area contributed by atoms with Gasteiger partial charge in [0.05, 0.1) is 0 Å². The molecule has 104 valence electrons. The quantitative estimate of drug-likeness (QED) is 0.431. The highest BCUT2D eigenvalue weighted by molar-refractivity contribution is 5.89. The number of Topliss-reactive ketones (excluding diaryl/α,β-unsaturated/α-hetero) is 1. The standard InChI is InChI=1S/C17H25NO/c1-4-5-6-7-8-9-16(19)17(2,3)14-10-12-15(18)13-11-14/h4,10-13H,1,5-9,18H2,2-3H3. The van der Waals surface area contributed by atoms with E-state index in [2.05, 4.69) is 6.58 Å². The Bertz CT molecular complexity index is 417. The smallest absolute Gasteiger partial charge is 0.142 e. The van der Waals surface area contributed by atoms with Crippen LogP contribution < -0.4 is 5.73 Å². The molecule has 2 nitrogen and oxygen atoms in total. The first-order valence-corrected chi connectivity index (χ1v) is 6.98. The molecule has 2 N–H and O–H groups in total. The van der Waals surface area contributed by atoms with Gasteiger partial charge in [0.1, 0.15) is 5.78 Å². The van der Waals surface area contributed by atoms with Crippen molar-refractivity contribution in [3.8, 4) is 0 Å². The molecule has 0 aliphatic heterocycles. The second kappa shape index (κ2) is 7.13. The molecular formula is C17H25NO. The van der Waals surface area contributed by atoms with E-state index in [1.165, 1.54) is 0 Å². The molecule has 0 aliphatic rings. The summed E-state index contributed by atoms with van der Waals surface area (Å²) in [5.74, 6) is 0.302. The lowest BCUT2D eigenvalue weighted by Crippen LogP contribution is -2.28. The van der Waals surface area contributed by atoms with E-state index in [9.17, 15) is 4.79 Å². The number of rotatable bonds is 8. The molecule has 0 aromatic heterocycles. The van der Waals surface area contributed by atoms with E-state index in [1.807, 2.05) is 44.2 Å². The third-order valence-corrected chi connectivity index (χ3v) is 3.64. The number of carbonyl (C=O) groups is 1. The van der Waals surface area contributed by atoms with Gasteiger partial charge in [-0.3, -0.25) is 4.79 Å². The Morgan fingerprint density at radius 1 is 1.21 bits per heavy atom. The predicted molar refractivity (Wildman–Crippen MR) is 82.2 cm³/mol. The molecule has 0 heterocycles. The lowest BCUT2D eigenvalue weighted by molar-refractivity contribution is -0.123. The number of anilines is 1. The van der Waals surface area contributed by atoms with Crippen LogP contribution in [-0.4, -0.2) is 5.78 Å². The third-order valence-electron chi connectivity index (χ3n) is 3.64. The Morgan fingerprint density at radius 3 is 2.42 bits per heavy atom. The van der Waals surface area contributed by atoms with Gasteiger partial charge in [-0.15, -0.1) is 6.58 Å². The number of nitrogens with two attached hydrogens (primary N) is 1. The van der Waals surface area contributed by atoms with Crippen molar-refractivity contribution in [3.63, 3.8) is 0 Å². The van der Waals surface area contributed by atoms with Crippen molar-refractivity contribution in [2.45, 2.75) is 51.4 Å². The molecule has 1 rings (SSSR count). The molecule has 1 aromatic rings. The molecular weight excluding hydrogens is 234 g/mol. The van der Waals surface area contributed by atoms with Crippen LogP contribution in [0.25, 0.3) is 0 Å². The van der Waals surface area contributed by atoms with Gasteiger partial charge in [-0.2, -0.15) is 0 Å². The van der Waals surface area contributed by atoms with Crippen LogP contribution in [-0.2, 0) is 10.2 Å². The maximum absolute atomic E-state index is 12.3. The number of allylic oxidation sites excluding steroid dienone is 1. The van der Waals surface area contributed by atoms with Gasteiger partial charge < -0.3 is 5.73 Å². The van der Waals surface area contributed by atoms with Gasteiger partial charge in [-0.25, -0.2) is 0 Å². The molecule has 19 heavy (non-hydrogen) atoms. The highest BCUT2D eigenvalue weighted by atomic mass is 16.1. The lowest BCUT2D eigenvalue weighted by atomic mass is 9.79. The Hall–Kier alpha value is -1.57. The van der Waals surface area contributed by atoms with Crippen molar-refractivity contribution in [1.82, 2.24) is 0 Å². The van der Waals surface area contributed by atoms with Crippen LogP contribution in [0.3, 0.4) is 0 Å². The average molecular weight is 259 g/mol. The number of ketones is 1. The van der Waals surface area contributed by atoms with Crippen LogP contribution in [0.1, 0.15) is 51.5 Å². The van der Waals surface area contributed by atoms with E-state index >= 15 is 0 Å². The average Bonchev–Trinajstić information content (AvgIpc) is 2.38.